The molecule has 0 radical (unpaired) electrons. The molecule has 6 nitrogen and oxygen atoms in total. The fourth-order valence-electron chi connectivity index (χ4n) is 2.71. The van der Waals surface area contributed by atoms with E-state index in [1.54, 1.807) is 24.3 Å². The van der Waals surface area contributed by atoms with Gasteiger partial charge in [-0.05, 0) is 68.7 Å². The Labute approximate surface area is 174 Å². The molecule has 1 saturated carbocycles. The molecular weight excluding hydrogens is 386 g/mol. The quantitative estimate of drug-likeness (QED) is 0.602. The van der Waals surface area contributed by atoms with E-state index in [2.05, 4.69) is 16.0 Å². The number of hydrogen-bond donors (Lipinski definition) is 3. The van der Waals surface area contributed by atoms with E-state index in [0.717, 1.165) is 29.0 Å². The van der Waals surface area contributed by atoms with E-state index in [1.165, 1.54) is 18.7 Å². The summed E-state index contributed by atoms with van der Waals surface area (Å²) in [6.07, 6.45) is 2.06. The van der Waals surface area contributed by atoms with Crippen molar-refractivity contribution in [3.05, 3.63) is 53.6 Å². The minimum absolute atomic E-state index is 0.107. The van der Waals surface area contributed by atoms with Gasteiger partial charge in [-0.25, -0.2) is 0 Å². The molecule has 2 aromatic rings. The summed E-state index contributed by atoms with van der Waals surface area (Å²) in [6.45, 7) is 5.19. The zero-order chi connectivity index (χ0) is 21.0. The van der Waals surface area contributed by atoms with Crippen molar-refractivity contribution in [2.75, 3.05) is 10.6 Å². The van der Waals surface area contributed by atoms with Gasteiger partial charge in [0.05, 0.1) is 5.25 Å². The molecule has 0 bridgehead atoms. The third-order valence-electron chi connectivity index (χ3n) is 4.53. The molecule has 0 aromatic heterocycles. The van der Waals surface area contributed by atoms with Crippen LogP contribution in [-0.2, 0) is 9.59 Å². The van der Waals surface area contributed by atoms with Gasteiger partial charge >= 0.3 is 0 Å². The molecule has 152 valence electrons. The molecule has 1 aliphatic rings. The summed E-state index contributed by atoms with van der Waals surface area (Å²) in [7, 11) is 0. The highest BCUT2D eigenvalue weighted by molar-refractivity contribution is 8.00. The number of nitrogens with one attached hydrogen (secondary N) is 3. The van der Waals surface area contributed by atoms with Crippen LogP contribution in [0.5, 0.6) is 0 Å². The molecule has 3 rings (SSSR count). The van der Waals surface area contributed by atoms with E-state index >= 15 is 0 Å². The van der Waals surface area contributed by atoms with Gasteiger partial charge in [0.1, 0.15) is 0 Å². The molecule has 3 N–H and O–H groups in total. The highest BCUT2D eigenvalue weighted by atomic mass is 32.2. The van der Waals surface area contributed by atoms with Crippen molar-refractivity contribution >= 4 is 40.9 Å². The average Bonchev–Trinajstić information content (AvgIpc) is 3.48. The van der Waals surface area contributed by atoms with E-state index in [1.807, 2.05) is 32.0 Å². The first kappa shape index (κ1) is 20.9. The Morgan fingerprint density at radius 3 is 2.34 bits per heavy atom. The number of carbonyl (C=O) groups excluding carboxylic acids is 3. The second kappa shape index (κ2) is 9.13. The van der Waals surface area contributed by atoms with E-state index < -0.39 is 0 Å². The number of aryl methyl sites for hydroxylation is 1. The van der Waals surface area contributed by atoms with E-state index in [9.17, 15) is 14.4 Å². The van der Waals surface area contributed by atoms with Crippen molar-refractivity contribution in [1.29, 1.82) is 0 Å². The fourth-order valence-corrected chi connectivity index (χ4v) is 3.57. The Balaban J connectivity index is 1.61. The van der Waals surface area contributed by atoms with E-state index in [4.69, 9.17) is 0 Å². The maximum atomic E-state index is 12.7. The SMILES string of the molecule is CC(=O)Nc1ccc(SC(C)C(=O)Nc2cc(C(=O)NC3CC3)ccc2C)cc1. The van der Waals surface area contributed by atoms with Gasteiger partial charge in [0, 0.05) is 34.8 Å². The number of carbonyl (C=O) groups is 3. The predicted octanol–water partition coefficient (Wildman–Crippen LogP) is 3.96. The van der Waals surface area contributed by atoms with Crippen LogP contribution in [0.25, 0.3) is 0 Å². The molecule has 0 spiro atoms. The predicted molar refractivity (Wildman–Crippen MR) is 116 cm³/mol. The minimum atomic E-state index is -0.329. The summed E-state index contributed by atoms with van der Waals surface area (Å²) in [6, 6.07) is 13.0. The first-order valence-electron chi connectivity index (χ1n) is 9.58. The molecular formula is C22H25N3O3S. The summed E-state index contributed by atoms with van der Waals surface area (Å²) in [5.74, 6) is -0.366. The van der Waals surface area contributed by atoms with Gasteiger partial charge in [-0.1, -0.05) is 6.07 Å². The van der Waals surface area contributed by atoms with Crippen LogP contribution in [0.4, 0.5) is 11.4 Å². The van der Waals surface area contributed by atoms with E-state index in [0.29, 0.717) is 11.3 Å². The molecule has 1 fully saturated rings. The lowest BCUT2D eigenvalue weighted by molar-refractivity contribution is -0.115. The number of thioether (sulfide) groups is 1. The molecule has 1 atom stereocenters. The number of anilines is 2. The highest BCUT2D eigenvalue weighted by Gasteiger charge is 2.24. The maximum absolute atomic E-state index is 12.7. The summed E-state index contributed by atoms with van der Waals surface area (Å²) in [5.41, 5.74) is 2.81. The molecule has 0 saturated heterocycles. The van der Waals surface area contributed by atoms with Crippen molar-refractivity contribution < 1.29 is 14.4 Å². The standard InChI is InChI=1S/C22H25N3O3S/c1-13-4-5-16(22(28)24-18-6-7-18)12-20(13)25-21(27)14(2)29-19-10-8-17(9-11-19)23-15(3)26/h4-5,8-12,14,18H,6-7H2,1-3H3,(H,23,26)(H,24,28)(H,25,27). The lowest BCUT2D eigenvalue weighted by atomic mass is 10.1. The van der Waals surface area contributed by atoms with Crippen molar-refractivity contribution in [1.82, 2.24) is 5.32 Å². The first-order chi connectivity index (χ1) is 13.8. The van der Waals surface area contributed by atoms with E-state index in [-0.39, 0.29) is 29.0 Å². The van der Waals surface area contributed by atoms with Crippen molar-refractivity contribution in [2.24, 2.45) is 0 Å². The molecule has 1 aliphatic carbocycles. The number of rotatable bonds is 7. The first-order valence-corrected chi connectivity index (χ1v) is 10.5. The molecule has 2 aromatic carbocycles. The van der Waals surface area contributed by atoms with Crippen molar-refractivity contribution in [3.63, 3.8) is 0 Å². The van der Waals surface area contributed by atoms with Crippen molar-refractivity contribution in [2.45, 2.75) is 49.8 Å². The normalized spacial score (nSPS) is 14.0. The smallest absolute Gasteiger partial charge is 0.251 e. The van der Waals surface area contributed by atoms with Gasteiger partial charge < -0.3 is 16.0 Å². The molecule has 7 heteroatoms. The molecule has 3 amide bonds. The molecule has 0 aliphatic heterocycles. The zero-order valence-electron chi connectivity index (χ0n) is 16.7. The number of amides is 3. The average molecular weight is 412 g/mol. The second-order valence-corrected chi connectivity index (χ2v) is 8.65. The van der Waals surface area contributed by atoms with Crippen LogP contribution in [-0.4, -0.2) is 29.0 Å². The molecule has 1 unspecified atom stereocenters. The maximum Gasteiger partial charge on any atom is 0.251 e. The topological polar surface area (TPSA) is 87.3 Å². The molecule has 29 heavy (non-hydrogen) atoms. The summed E-state index contributed by atoms with van der Waals surface area (Å²) in [5, 5.41) is 8.28. The Kier molecular flexibility index (Phi) is 6.59. The van der Waals surface area contributed by atoms with Gasteiger partial charge in [0.15, 0.2) is 0 Å². The second-order valence-electron chi connectivity index (χ2n) is 7.23. The van der Waals surface area contributed by atoms with Gasteiger partial charge in [-0.15, -0.1) is 11.8 Å². The Morgan fingerprint density at radius 1 is 1.03 bits per heavy atom. The third-order valence-corrected chi connectivity index (χ3v) is 5.64. The summed E-state index contributed by atoms with van der Waals surface area (Å²) >= 11 is 1.43. The highest BCUT2D eigenvalue weighted by Crippen LogP contribution is 2.27. The Hall–Kier alpha value is -2.80. The third kappa shape index (κ3) is 6.09. The number of hydrogen-bond acceptors (Lipinski definition) is 4. The van der Waals surface area contributed by atoms with Crippen LogP contribution >= 0.6 is 11.8 Å². The van der Waals surface area contributed by atoms with Gasteiger partial charge in [0.2, 0.25) is 11.8 Å². The van der Waals surface area contributed by atoms with Gasteiger partial charge in [0.25, 0.3) is 5.91 Å². The van der Waals surface area contributed by atoms with Gasteiger partial charge in [-0.3, -0.25) is 14.4 Å². The van der Waals surface area contributed by atoms with Crippen LogP contribution in [0, 0.1) is 6.92 Å². The van der Waals surface area contributed by atoms with Crippen LogP contribution in [0.3, 0.4) is 0 Å². The number of benzene rings is 2. The monoisotopic (exact) mass is 411 g/mol. The van der Waals surface area contributed by atoms with Crippen LogP contribution in [0.15, 0.2) is 47.4 Å². The summed E-state index contributed by atoms with van der Waals surface area (Å²) in [4.78, 5) is 36.9. The minimum Gasteiger partial charge on any atom is -0.349 e. The van der Waals surface area contributed by atoms with Gasteiger partial charge in [-0.2, -0.15) is 0 Å². The van der Waals surface area contributed by atoms with Crippen LogP contribution in [0.2, 0.25) is 0 Å². The fraction of sp³-hybridized carbons (Fsp3) is 0.318. The Bertz CT molecular complexity index is 923. The Morgan fingerprint density at radius 2 is 1.72 bits per heavy atom. The lowest BCUT2D eigenvalue weighted by Gasteiger charge is -2.15. The molecule has 0 heterocycles. The van der Waals surface area contributed by atoms with Crippen LogP contribution < -0.4 is 16.0 Å². The lowest BCUT2D eigenvalue weighted by Crippen LogP contribution is -2.26. The summed E-state index contributed by atoms with van der Waals surface area (Å²) < 4.78 is 0. The zero-order valence-corrected chi connectivity index (χ0v) is 17.6. The van der Waals surface area contributed by atoms with Crippen LogP contribution in [0.1, 0.15) is 42.6 Å². The largest absolute Gasteiger partial charge is 0.349 e. The van der Waals surface area contributed by atoms with Crippen molar-refractivity contribution in [3.8, 4) is 0 Å².